The van der Waals surface area contributed by atoms with Crippen molar-refractivity contribution in [2.75, 3.05) is 18.5 Å². The van der Waals surface area contributed by atoms with Gasteiger partial charge >= 0.3 is 5.97 Å². The summed E-state index contributed by atoms with van der Waals surface area (Å²) in [6, 6.07) is 0. The second-order valence-corrected chi connectivity index (χ2v) is 9.58. The number of esters is 1. The first-order chi connectivity index (χ1) is 14.1. The normalized spacial score (nSPS) is 24.8. The second kappa shape index (κ2) is 8.45. The van der Waals surface area contributed by atoms with Crippen LogP contribution >= 0.6 is 11.3 Å². The van der Waals surface area contributed by atoms with E-state index in [4.69, 9.17) is 4.74 Å². The van der Waals surface area contributed by atoms with E-state index in [-0.39, 0.29) is 54.4 Å². The van der Waals surface area contributed by atoms with Crippen molar-refractivity contribution < 1.29 is 23.9 Å². The van der Waals surface area contributed by atoms with Crippen LogP contribution in [0.3, 0.4) is 0 Å². The number of aromatic nitrogens is 1. The van der Waals surface area contributed by atoms with E-state index in [1.165, 1.54) is 16.2 Å². The molecule has 164 valence electrons. The van der Waals surface area contributed by atoms with Gasteiger partial charge in [0.2, 0.25) is 17.7 Å². The Hall–Kier alpha value is -2.29. The molecule has 9 heteroatoms. The summed E-state index contributed by atoms with van der Waals surface area (Å²) in [5, 5.41) is 4.82. The van der Waals surface area contributed by atoms with Gasteiger partial charge in [0.1, 0.15) is 0 Å². The van der Waals surface area contributed by atoms with Crippen molar-refractivity contribution in [1.29, 1.82) is 0 Å². The maximum absolute atomic E-state index is 13.0. The molecule has 2 atom stereocenters. The molecule has 1 N–H and O–H groups in total. The number of nitrogens with one attached hydrogen (secondary N) is 1. The summed E-state index contributed by atoms with van der Waals surface area (Å²) < 4.78 is 4.88. The number of imide groups is 1. The Bertz CT molecular complexity index is 865. The molecule has 1 saturated heterocycles. The van der Waals surface area contributed by atoms with Crippen LogP contribution in [0.4, 0.5) is 5.13 Å². The summed E-state index contributed by atoms with van der Waals surface area (Å²) in [4.78, 5) is 55.1. The predicted molar refractivity (Wildman–Crippen MR) is 112 cm³/mol. The molecule has 0 aromatic carbocycles. The average Bonchev–Trinajstić information content (AvgIpc) is 3.16. The summed E-state index contributed by atoms with van der Waals surface area (Å²) in [6.07, 6.45) is 2.10. The van der Waals surface area contributed by atoms with Gasteiger partial charge in [0.15, 0.2) is 5.13 Å². The molecule has 2 bridgehead atoms. The number of hydrogen-bond donors (Lipinski definition) is 1. The number of ether oxygens (including phenoxy) is 1. The number of carbonyl (C=O) groups excluding carboxylic acids is 4. The predicted octanol–water partition coefficient (Wildman–Crippen LogP) is 2.78. The van der Waals surface area contributed by atoms with Crippen LogP contribution in [0.15, 0.2) is 5.38 Å². The van der Waals surface area contributed by atoms with E-state index in [0.717, 1.165) is 12.8 Å². The average molecular weight is 436 g/mol. The Morgan fingerprint density at radius 2 is 2.07 bits per heavy atom. The molecule has 1 aromatic heterocycles. The molecule has 3 rings (SSSR count). The van der Waals surface area contributed by atoms with Crippen molar-refractivity contribution in [1.82, 2.24) is 9.88 Å². The van der Waals surface area contributed by atoms with Crippen LogP contribution in [-0.2, 0) is 30.3 Å². The van der Waals surface area contributed by atoms with Gasteiger partial charge < -0.3 is 10.1 Å². The van der Waals surface area contributed by atoms with Crippen molar-refractivity contribution in [3.63, 3.8) is 0 Å². The third-order valence-corrected chi connectivity index (χ3v) is 7.53. The van der Waals surface area contributed by atoms with Gasteiger partial charge in [-0.1, -0.05) is 20.8 Å². The molecular weight excluding hydrogens is 406 g/mol. The number of rotatable bonds is 8. The van der Waals surface area contributed by atoms with Gasteiger partial charge in [-0.15, -0.1) is 11.3 Å². The summed E-state index contributed by atoms with van der Waals surface area (Å²) in [5.41, 5.74) is -0.310. The molecule has 0 spiro atoms. The summed E-state index contributed by atoms with van der Waals surface area (Å²) in [5.74, 6) is -0.956. The topological polar surface area (TPSA) is 106 Å². The first-order valence-corrected chi connectivity index (χ1v) is 11.2. The van der Waals surface area contributed by atoms with Crippen LogP contribution in [0.2, 0.25) is 0 Å². The first-order valence-electron chi connectivity index (χ1n) is 10.4. The number of carbonyl (C=O) groups is 4. The number of thiazole rings is 1. The van der Waals surface area contributed by atoms with Crippen molar-refractivity contribution in [2.45, 2.75) is 59.8 Å². The molecule has 1 aromatic rings. The van der Waals surface area contributed by atoms with Gasteiger partial charge in [-0.25, -0.2) is 4.98 Å². The zero-order chi connectivity index (χ0) is 22.1. The molecule has 2 fully saturated rings. The van der Waals surface area contributed by atoms with E-state index in [2.05, 4.69) is 10.3 Å². The van der Waals surface area contributed by atoms with E-state index in [1.807, 2.05) is 20.8 Å². The van der Waals surface area contributed by atoms with Crippen LogP contribution in [0.25, 0.3) is 0 Å². The Balaban J connectivity index is 1.49. The highest BCUT2D eigenvalue weighted by molar-refractivity contribution is 7.13. The van der Waals surface area contributed by atoms with Crippen LogP contribution in [0.1, 0.15) is 59.1 Å². The van der Waals surface area contributed by atoms with Crippen LogP contribution in [-0.4, -0.2) is 46.7 Å². The van der Waals surface area contributed by atoms with Crippen LogP contribution < -0.4 is 5.32 Å². The fourth-order valence-electron chi connectivity index (χ4n) is 4.50. The molecule has 30 heavy (non-hydrogen) atoms. The van der Waals surface area contributed by atoms with Crippen molar-refractivity contribution in [3.8, 4) is 0 Å². The minimum Gasteiger partial charge on any atom is -0.466 e. The molecular formula is C21H29N3O5S. The number of fused-ring (bicyclic) bond motifs is 2. The minimum absolute atomic E-state index is 0.0652. The van der Waals surface area contributed by atoms with Gasteiger partial charge in [-0.2, -0.15) is 0 Å². The van der Waals surface area contributed by atoms with E-state index in [1.54, 1.807) is 12.3 Å². The van der Waals surface area contributed by atoms with E-state index in [0.29, 0.717) is 23.9 Å². The SMILES string of the molecule is CCOC(=O)Cc1csc(NC(=O)CCCN2C(=O)C3CCC(C)(C2=O)C3(C)C)n1. The Morgan fingerprint density at radius 1 is 1.33 bits per heavy atom. The number of piperidine rings is 1. The smallest absolute Gasteiger partial charge is 0.311 e. The third kappa shape index (κ3) is 3.99. The van der Waals surface area contributed by atoms with E-state index >= 15 is 0 Å². The van der Waals surface area contributed by atoms with Crippen LogP contribution in [0, 0.1) is 16.7 Å². The van der Waals surface area contributed by atoms with E-state index in [9.17, 15) is 19.2 Å². The lowest BCUT2D eigenvalue weighted by molar-refractivity contribution is -0.168. The molecule has 2 unspecified atom stereocenters. The number of amides is 3. The lowest BCUT2D eigenvalue weighted by Crippen LogP contribution is -2.59. The molecule has 1 saturated carbocycles. The van der Waals surface area contributed by atoms with Crippen LogP contribution in [0.5, 0.6) is 0 Å². The van der Waals surface area contributed by atoms with Gasteiger partial charge in [0.05, 0.1) is 24.1 Å². The monoisotopic (exact) mass is 435 g/mol. The molecule has 8 nitrogen and oxygen atoms in total. The highest BCUT2D eigenvalue weighted by Crippen LogP contribution is 2.60. The summed E-state index contributed by atoms with van der Waals surface area (Å²) >= 11 is 1.24. The van der Waals surface area contributed by atoms with Gasteiger partial charge in [-0.3, -0.25) is 24.1 Å². The highest BCUT2D eigenvalue weighted by Gasteiger charge is 2.64. The highest BCUT2D eigenvalue weighted by atomic mass is 32.1. The number of hydrogen-bond acceptors (Lipinski definition) is 7. The Labute approximate surface area is 180 Å². The quantitative estimate of drug-likeness (QED) is 0.497. The lowest BCUT2D eigenvalue weighted by Gasteiger charge is -2.47. The minimum atomic E-state index is -0.524. The van der Waals surface area contributed by atoms with E-state index < -0.39 is 5.41 Å². The Kier molecular flexibility index (Phi) is 6.31. The molecule has 2 aliphatic rings. The molecule has 1 aliphatic heterocycles. The van der Waals surface area contributed by atoms with Crippen molar-refractivity contribution >= 4 is 40.2 Å². The zero-order valence-electron chi connectivity index (χ0n) is 17.9. The molecule has 1 aliphatic carbocycles. The largest absolute Gasteiger partial charge is 0.466 e. The maximum Gasteiger partial charge on any atom is 0.311 e. The maximum atomic E-state index is 13.0. The standard InChI is InChI=1S/C21H29N3O5S/c1-5-29-16(26)11-13-12-30-19(22-13)23-15(25)7-6-10-24-17(27)14-8-9-21(4,18(24)28)20(14,2)3/h12,14H,5-11H2,1-4H3,(H,22,23,25). The molecule has 2 heterocycles. The fraction of sp³-hybridized carbons (Fsp3) is 0.667. The Morgan fingerprint density at radius 3 is 2.77 bits per heavy atom. The second-order valence-electron chi connectivity index (χ2n) is 8.72. The van der Waals surface area contributed by atoms with Crippen molar-refractivity contribution in [2.24, 2.45) is 16.7 Å². The molecule has 3 amide bonds. The fourth-order valence-corrected chi connectivity index (χ4v) is 5.22. The number of anilines is 1. The zero-order valence-corrected chi connectivity index (χ0v) is 18.8. The van der Waals surface area contributed by atoms with Gasteiger partial charge in [0.25, 0.3) is 0 Å². The molecule has 0 radical (unpaired) electrons. The summed E-state index contributed by atoms with van der Waals surface area (Å²) in [7, 11) is 0. The number of nitrogens with zero attached hydrogens (tertiary/aromatic N) is 2. The van der Waals surface area contributed by atoms with Gasteiger partial charge in [-0.05, 0) is 31.6 Å². The number of likely N-dealkylation sites (tertiary alicyclic amines) is 1. The van der Waals surface area contributed by atoms with Gasteiger partial charge in [0, 0.05) is 24.3 Å². The van der Waals surface area contributed by atoms with Crippen molar-refractivity contribution in [3.05, 3.63) is 11.1 Å². The summed E-state index contributed by atoms with van der Waals surface area (Å²) in [6.45, 7) is 8.27. The first kappa shape index (κ1) is 22.4. The third-order valence-electron chi connectivity index (χ3n) is 6.72. The lowest BCUT2D eigenvalue weighted by atomic mass is 9.62.